The third kappa shape index (κ3) is 7.37. The fourth-order valence-electron chi connectivity index (χ4n) is 6.04. The van der Waals surface area contributed by atoms with Crippen LogP contribution in [0.5, 0.6) is 0 Å². The Balaban J connectivity index is 1.26. The molecule has 0 nitrogen and oxygen atoms in total. The van der Waals surface area contributed by atoms with Gasteiger partial charge in [0.25, 0.3) is 0 Å². The van der Waals surface area contributed by atoms with E-state index in [1.165, 1.54) is 102 Å². The topological polar surface area (TPSA) is 0 Å². The highest BCUT2D eigenvalue weighted by atomic mass is 19.2. The Labute approximate surface area is 177 Å². The van der Waals surface area contributed by atoms with Crippen LogP contribution in [0.1, 0.15) is 109 Å². The number of aryl methyl sites for hydroxylation is 1. The van der Waals surface area contributed by atoms with Crippen molar-refractivity contribution in [3.8, 4) is 0 Å². The lowest BCUT2D eigenvalue weighted by Crippen LogP contribution is -2.25. The van der Waals surface area contributed by atoms with Gasteiger partial charge in [-0.2, -0.15) is 0 Å². The van der Waals surface area contributed by atoms with Gasteiger partial charge in [0, 0.05) is 0 Å². The quantitative estimate of drug-likeness (QED) is 0.342. The van der Waals surface area contributed by atoms with Crippen LogP contribution in [0.15, 0.2) is 18.2 Å². The Morgan fingerprint density at radius 3 is 1.76 bits per heavy atom. The Bertz CT molecular complexity index is 580. The van der Waals surface area contributed by atoms with E-state index in [9.17, 15) is 8.78 Å². The van der Waals surface area contributed by atoms with Crippen molar-refractivity contribution in [1.29, 1.82) is 0 Å². The molecule has 0 spiro atoms. The normalized spacial score (nSPS) is 27.8. The van der Waals surface area contributed by atoms with Gasteiger partial charge in [0.05, 0.1) is 0 Å². The van der Waals surface area contributed by atoms with Gasteiger partial charge in [0.1, 0.15) is 0 Å². The van der Waals surface area contributed by atoms with Crippen LogP contribution in [0, 0.1) is 35.3 Å². The zero-order valence-corrected chi connectivity index (χ0v) is 18.6. The first-order valence-electron chi connectivity index (χ1n) is 12.6. The van der Waals surface area contributed by atoms with Crippen molar-refractivity contribution >= 4 is 0 Å². The summed E-state index contributed by atoms with van der Waals surface area (Å²) in [4.78, 5) is 0. The molecule has 0 atom stereocenters. The van der Waals surface area contributed by atoms with Crippen LogP contribution in [0.25, 0.3) is 0 Å². The van der Waals surface area contributed by atoms with Crippen LogP contribution in [0.3, 0.4) is 0 Å². The van der Waals surface area contributed by atoms with Crippen molar-refractivity contribution < 1.29 is 8.78 Å². The summed E-state index contributed by atoms with van der Waals surface area (Å²) in [6.45, 7) is 2.31. The Hall–Kier alpha value is -0.920. The molecule has 0 bridgehead atoms. The Morgan fingerprint density at radius 2 is 1.24 bits per heavy atom. The smallest absolute Gasteiger partial charge is 0.159 e. The fraction of sp³-hybridized carbons (Fsp3) is 0.778. The average Bonchev–Trinajstić information content (AvgIpc) is 2.75. The second-order valence-electron chi connectivity index (χ2n) is 10.1. The summed E-state index contributed by atoms with van der Waals surface area (Å²) in [5.74, 6) is 2.51. The van der Waals surface area contributed by atoms with Gasteiger partial charge in [0.2, 0.25) is 0 Å². The molecule has 0 aliphatic heterocycles. The summed E-state index contributed by atoms with van der Waals surface area (Å²) in [6.07, 6.45) is 22.0. The predicted molar refractivity (Wildman–Crippen MR) is 119 cm³/mol. The lowest BCUT2D eigenvalue weighted by atomic mass is 9.68. The first-order valence-corrected chi connectivity index (χ1v) is 12.6. The minimum atomic E-state index is -0.740. The number of rotatable bonds is 10. The van der Waals surface area contributed by atoms with Gasteiger partial charge >= 0.3 is 0 Å². The summed E-state index contributed by atoms with van der Waals surface area (Å²) in [6, 6.07) is 4.34. The maximum absolute atomic E-state index is 13.3. The van der Waals surface area contributed by atoms with Gasteiger partial charge in [-0.05, 0) is 79.9 Å². The van der Waals surface area contributed by atoms with E-state index in [1.54, 1.807) is 6.07 Å². The van der Waals surface area contributed by atoms with Crippen molar-refractivity contribution in [2.75, 3.05) is 0 Å². The third-order valence-corrected chi connectivity index (χ3v) is 7.98. The molecule has 0 radical (unpaired) electrons. The van der Waals surface area contributed by atoms with Crippen LogP contribution in [-0.4, -0.2) is 0 Å². The molecule has 0 heterocycles. The van der Waals surface area contributed by atoms with Crippen molar-refractivity contribution in [3.05, 3.63) is 35.4 Å². The largest absolute Gasteiger partial charge is 0.204 e. The molecule has 29 heavy (non-hydrogen) atoms. The number of unbranched alkanes of at least 4 members (excludes halogenated alkanes) is 3. The van der Waals surface area contributed by atoms with Gasteiger partial charge in [-0.3, -0.25) is 0 Å². The maximum atomic E-state index is 13.3. The highest BCUT2D eigenvalue weighted by Gasteiger charge is 2.30. The minimum Gasteiger partial charge on any atom is -0.204 e. The summed E-state index contributed by atoms with van der Waals surface area (Å²) < 4.78 is 26.3. The average molecular weight is 405 g/mol. The van der Waals surface area contributed by atoms with E-state index >= 15 is 0 Å². The molecule has 1 aromatic carbocycles. The second-order valence-corrected chi connectivity index (χ2v) is 10.1. The molecule has 0 amide bonds. The van der Waals surface area contributed by atoms with Gasteiger partial charge in [-0.25, -0.2) is 8.78 Å². The van der Waals surface area contributed by atoms with Crippen LogP contribution < -0.4 is 0 Å². The molecule has 0 unspecified atom stereocenters. The SMILES string of the molecule is CCCCC[C@H]1CC[C@H](C2CCC(CCCCc3ccc(F)c(F)c3)CC2)CC1. The van der Waals surface area contributed by atoms with Gasteiger partial charge in [-0.1, -0.05) is 77.2 Å². The summed E-state index contributed by atoms with van der Waals surface area (Å²) in [5.41, 5.74) is 0.929. The van der Waals surface area contributed by atoms with E-state index in [2.05, 4.69) is 6.92 Å². The zero-order valence-electron chi connectivity index (χ0n) is 18.6. The lowest BCUT2D eigenvalue weighted by molar-refractivity contribution is 0.139. The molecule has 2 aliphatic rings. The minimum absolute atomic E-state index is 0.712. The number of hydrogen-bond donors (Lipinski definition) is 0. The van der Waals surface area contributed by atoms with Gasteiger partial charge in [0.15, 0.2) is 11.6 Å². The predicted octanol–water partition coefficient (Wildman–Crippen LogP) is 8.87. The van der Waals surface area contributed by atoms with Crippen LogP contribution in [0.2, 0.25) is 0 Å². The van der Waals surface area contributed by atoms with E-state index in [1.807, 2.05) is 0 Å². The molecule has 2 fully saturated rings. The summed E-state index contributed by atoms with van der Waals surface area (Å²) >= 11 is 0. The molecular formula is C27H42F2. The molecule has 1 aromatic rings. The van der Waals surface area contributed by atoms with E-state index < -0.39 is 11.6 Å². The zero-order chi connectivity index (χ0) is 20.5. The molecule has 0 aromatic heterocycles. The molecule has 2 saturated carbocycles. The van der Waals surface area contributed by atoms with E-state index in [0.29, 0.717) is 0 Å². The lowest BCUT2D eigenvalue weighted by Gasteiger charge is -2.38. The van der Waals surface area contributed by atoms with E-state index in [0.717, 1.165) is 42.1 Å². The number of benzene rings is 1. The van der Waals surface area contributed by atoms with E-state index in [-0.39, 0.29) is 0 Å². The highest BCUT2D eigenvalue weighted by molar-refractivity contribution is 5.17. The van der Waals surface area contributed by atoms with Crippen LogP contribution >= 0.6 is 0 Å². The van der Waals surface area contributed by atoms with Crippen molar-refractivity contribution in [1.82, 2.24) is 0 Å². The van der Waals surface area contributed by atoms with Crippen molar-refractivity contribution in [2.24, 2.45) is 23.7 Å². The molecule has 164 valence electrons. The van der Waals surface area contributed by atoms with Crippen LogP contribution in [-0.2, 0) is 6.42 Å². The number of halogens is 2. The molecule has 0 N–H and O–H groups in total. The second kappa shape index (κ2) is 12.1. The highest BCUT2D eigenvalue weighted by Crippen LogP contribution is 2.43. The first kappa shape index (κ1) is 22.8. The molecule has 2 aliphatic carbocycles. The van der Waals surface area contributed by atoms with Gasteiger partial charge in [-0.15, -0.1) is 0 Å². The third-order valence-electron chi connectivity index (χ3n) is 7.98. The molecular weight excluding hydrogens is 362 g/mol. The Kier molecular flexibility index (Phi) is 9.46. The molecule has 3 rings (SSSR count). The monoisotopic (exact) mass is 404 g/mol. The summed E-state index contributed by atoms with van der Waals surface area (Å²) in [5, 5.41) is 0. The summed E-state index contributed by atoms with van der Waals surface area (Å²) in [7, 11) is 0. The fourth-order valence-corrected chi connectivity index (χ4v) is 6.04. The van der Waals surface area contributed by atoms with Crippen molar-refractivity contribution in [3.63, 3.8) is 0 Å². The Morgan fingerprint density at radius 1 is 0.690 bits per heavy atom. The van der Waals surface area contributed by atoms with Crippen LogP contribution in [0.4, 0.5) is 8.78 Å². The van der Waals surface area contributed by atoms with Gasteiger partial charge < -0.3 is 0 Å². The first-order chi connectivity index (χ1) is 14.2. The van der Waals surface area contributed by atoms with Crippen molar-refractivity contribution in [2.45, 2.75) is 110 Å². The van der Waals surface area contributed by atoms with E-state index in [4.69, 9.17) is 0 Å². The maximum Gasteiger partial charge on any atom is 0.159 e. The standard InChI is InChI=1S/C27H42F2/c1-2-3-4-7-21-10-15-24(16-11-21)25-17-12-22(13-18-25)8-5-6-9-23-14-19-26(28)27(29)20-23/h14,19-22,24-25H,2-13,15-18H2,1H3/t21-,22?,24-,25?. The number of hydrogen-bond acceptors (Lipinski definition) is 0. The molecule has 2 heteroatoms. The molecule has 0 saturated heterocycles.